The van der Waals surface area contributed by atoms with E-state index in [0.717, 1.165) is 5.56 Å². The molecule has 0 atom stereocenters. The second-order valence-corrected chi connectivity index (χ2v) is 7.14. The van der Waals surface area contributed by atoms with Crippen LogP contribution in [0.25, 0.3) is 0 Å². The van der Waals surface area contributed by atoms with Crippen LogP contribution in [0.4, 0.5) is 11.5 Å². The largest absolute Gasteiger partial charge is 0.398 e. The number of hydrogen-bond acceptors (Lipinski definition) is 5. The van der Waals surface area contributed by atoms with E-state index in [1.165, 1.54) is 12.4 Å². The quantitative estimate of drug-likeness (QED) is 0.808. The highest BCUT2D eigenvalue weighted by Gasteiger charge is 2.22. The first-order valence-electron chi connectivity index (χ1n) is 6.09. The smallest absolute Gasteiger partial charge is 0.263 e. The molecule has 3 N–H and O–H groups in total. The summed E-state index contributed by atoms with van der Waals surface area (Å²) in [5.41, 5.74) is 8.43. The van der Waals surface area contributed by atoms with Crippen LogP contribution in [-0.2, 0) is 10.0 Å². The van der Waals surface area contributed by atoms with Gasteiger partial charge < -0.3 is 5.73 Å². The van der Waals surface area contributed by atoms with Crippen molar-refractivity contribution in [3.63, 3.8) is 0 Å². The van der Waals surface area contributed by atoms with Crippen molar-refractivity contribution in [3.8, 4) is 0 Å². The molecule has 0 bridgehead atoms. The van der Waals surface area contributed by atoms with Crippen LogP contribution in [0.15, 0.2) is 28.0 Å². The molecule has 1 aromatic carbocycles. The van der Waals surface area contributed by atoms with Crippen molar-refractivity contribution in [3.05, 3.63) is 39.8 Å². The highest BCUT2D eigenvalue weighted by Crippen LogP contribution is 2.29. The number of hydrogen-bond donors (Lipinski definition) is 2. The molecule has 0 fully saturated rings. The normalized spacial score (nSPS) is 11.4. The van der Waals surface area contributed by atoms with Gasteiger partial charge in [0.1, 0.15) is 4.60 Å². The van der Waals surface area contributed by atoms with Gasteiger partial charge in [-0.1, -0.05) is 6.07 Å². The Bertz CT molecular complexity index is 789. The van der Waals surface area contributed by atoms with E-state index in [4.69, 9.17) is 5.73 Å². The summed E-state index contributed by atoms with van der Waals surface area (Å²) in [5.74, 6) is 0.149. The molecule has 0 aliphatic carbocycles. The fraction of sp³-hybridized carbons (Fsp3) is 0.231. The maximum Gasteiger partial charge on any atom is 0.263 e. The standard InChI is InChI=1S/C13H15BrN4O2S/c1-7-4-8(2)13(9(3)12(7)15)21(19,20)18-11-6-16-10(14)5-17-11/h4-6H,15H2,1-3H3,(H,17,18). The second-order valence-electron chi connectivity index (χ2n) is 4.71. The molecule has 0 aliphatic heterocycles. The molecular formula is C13H15BrN4O2S. The summed E-state index contributed by atoms with van der Waals surface area (Å²) < 4.78 is 28.0. The average Bonchev–Trinajstić information content (AvgIpc) is 2.38. The zero-order chi connectivity index (χ0) is 15.8. The van der Waals surface area contributed by atoms with Crippen molar-refractivity contribution in [2.45, 2.75) is 25.7 Å². The van der Waals surface area contributed by atoms with Gasteiger partial charge in [0.05, 0.1) is 17.3 Å². The molecule has 2 aromatic rings. The van der Waals surface area contributed by atoms with Gasteiger partial charge in [0.15, 0.2) is 5.82 Å². The van der Waals surface area contributed by atoms with Crippen LogP contribution in [0.3, 0.4) is 0 Å². The van der Waals surface area contributed by atoms with Crippen LogP contribution in [0.1, 0.15) is 16.7 Å². The van der Waals surface area contributed by atoms with E-state index < -0.39 is 10.0 Å². The molecule has 0 spiro atoms. The highest BCUT2D eigenvalue weighted by molar-refractivity contribution is 9.10. The van der Waals surface area contributed by atoms with E-state index in [-0.39, 0.29) is 10.7 Å². The zero-order valence-electron chi connectivity index (χ0n) is 11.8. The van der Waals surface area contributed by atoms with E-state index in [0.29, 0.717) is 21.4 Å². The Morgan fingerprint density at radius 2 is 1.81 bits per heavy atom. The number of aromatic nitrogens is 2. The SMILES string of the molecule is Cc1cc(C)c(S(=O)(=O)Nc2cnc(Br)cn2)c(C)c1N. The molecule has 1 aromatic heterocycles. The summed E-state index contributed by atoms with van der Waals surface area (Å²) in [4.78, 5) is 8.07. The number of nitrogens with one attached hydrogen (secondary N) is 1. The van der Waals surface area contributed by atoms with Gasteiger partial charge in [-0.15, -0.1) is 0 Å². The van der Waals surface area contributed by atoms with Gasteiger partial charge in [0.25, 0.3) is 10.0 Å². The third-order valence-electron chi connectivity index (χ3n) is 3.09. The number of nitrogens with zero attached hydrogens (tertiary/aromatic N) is 2. The molecule has 0 unspecified atom stereocenters. The predicted octanol–water partition coefficient (Wildman–Crippen LogP) is 2.55. The maximum absolute atomic E-state index is 12.5. The van der Waals surface area contributed by atoms with Crippen molar-refractivity contribution < 1.29 is 8.42 Å². The molecule has 0 aliphatic rings. The number of halogens is 1. The highest BCUT2D eigenvalue weighted by atomic mass is 79.9. The molecule has 0 radical (unpaired) electrons. The number of nitrogen functional groups attached to an aromatic ring is 1. The van der Waals surface area contributed by atoms with E-state index in [1.807, 2.05) is 6.92 Å². The van der Waals surface area contributed by atoms with Crippen molar-refractivity contribution in [2.75, 3.05) is 10.5 Å². The molecule has 1 heterocycles. The minimum atomic E-state index is -3.77. The summed E-state index contributed by atoms with van der Waals surface area (Å²) >= 11 is 3.14. The number of nitrogens with two attached hydrogens (primary N) is 1. The molecule has 6 nitrogen and oxygen atoms in total. The molecule has 0 amide bonds. The Hall–Kier alpha value is -1.67. The lowest BCUT2D eigenvalue weighted by molar-refractivity contribution is 0.600. The Labute approximate surface area is 132 Å². The first-order valence-corrected chi connectivity index (χ1v) is 8.36. The van der Waals surface area contributed by atoms with E-state index in [9.17, 15) is 8.42 Å². The lowest BCUT2D eigenvalue weighted by Crippen LogP contribution is -2.17. The van der Waals surface area contributed by atoms with E-state index >= 15 is 0 Å². The Kier molecular flexibility index (Phi) is 4.20. The summed E-state index contributed by atoms with van der Waals surface area (Å²) in [6.45, 7) is 5.28. The zero-order valence-corrected chi connectivity index (χ0v) is 14.2. The Morgan fingerprint density at radius 1 is 1.14 bits per heavy atom. The van der Waals surface area contributed by atoms with E-state index in [1.54, 1.807) is 19.9 Å². The van der Waals surface area contributed by atoms with Gasteiger partial charge in [-0.2, -0.15) is 0 Å². The molecule has 21 heavy (non-hydrogen) atoms. The van der Waals surface area contributed by atoms with Crippen molar-refractivity contribution in [2.24, 2.45) is 0 Å². The first-order chi connectivity index (χ1) is 9.72. The molecule has 112 valence electrons. The number of anilines is 2. The van der Waals surface area contributed by atoms with Gasteiger partial charge >= 0.3 is 0 Å². The van der Waals surface area contributed by atoms with Crippen molar-refractivity contribution >= 4 is 37.5 Å². The van der Waals surface area contributed by atoms with Gasteiger partial charge in [-0.25, -0.2) is 18.4 Å². The summed E-state index contributed by atoms with van der Waals surface area (Å²) in [5, 5.41) is 0. The molecule has 8 heteroatoms. The van der Waals surface area contributed by atoms with Crippen LogP contribution in [-0.4, -0.2) is 18.4 Å². The Morgan fingerprint density at radius 3 is 2.38 bits per heavy atom. The molecule has 0 saturated carbocycles. The van der Waals surface area contributed by atoms with Crippen LogP contribution in [0, 0.1) is 20.8 Å². The average molecular weight is 371 g/mol. The fourth-order valence-corrected chi connectivity index (χ4v) is 3.83. The number of benzene rings is 1. The first kappa shape index (κ1) is 15.7. The molecule has 0 saturated heterocycles. The van der Waals surface area contributed by atoms with Crippen molar-refractivity contribution in [1.82, 2.24) is 9.97 Å². The minimum absolute atomic E-state index is 0.149. The van der Waals surface area contributed by atoms with Gasteiger partial charge in [0.2, 0.25) is 0 Å². The summed E-state index contributed by atoms with van der Waals surface area (Å²) in [6, 6.07) is 1.75. The maximum atomic E-state index is 12.5. The van der Waals surface area contributed by atoms with Gasteiger partial charge in [-0.05, 0) is 53.4 Å². The van der Waals surface area contributed by atoms with Crippen LogP contribution < -0.4 is 10.5 Å². The topological polar surface area (TPSA) is 98.0 Å². The summed E-state index contributed by atoms with van der Waals surface area (Å²) in [6.07, 6.45) is 2.75. The lowest BCUT2D eigenvalue weighted by atomic mass is 10.1. The predicted molar refractivity (Wildman–Crippen MR) is 85.6 cm³/mol. The minimum Gasteiger partial charge on any atom is -0.398 e. The number of rotatable bonds is 3. The lowest BCUT2D eigenvalue weighted by Gasteiger charge is -2.15. The molecule has 2 rings (SSSR count). The Balaban J connectivity index is 2.50. The third-order valence-corrected chi connectivity index (χ3v) is 5.14. The van der Waals surface area contributed by atoms with Crippen LogP contribution in [0.2, 0.25) is 0 Å². The number of sulfonamides is 1. The monoisotopic (exact) mass is 370 g/mol. The van der Waals surface area contributed by atoms with Gasteiger partial charge in [-0.3, -0.25) is 4.72 Å². The second kappa shape index (κ2) is 5.61. The fourth-order valence-electron chi connectivity index (χ4n) is 2.15. The third kappa shape index (κ3) is 3.16. The summed E-state index contributed by atoms with van der Waals surface area (Å²) in [7, 11) is -3.77. The van der Waals surface area contributed by atoms with Gasteiger partial charge in [0, 0.05) is 5.69 Å². The van der Waals surface area contributed by atoms with Crippen molar-refractivity contribution in [1.29, 1.82) is 0 Å². The van der Waals surface area contributed by atoms with Crippen LogP contribution >= 0.6 is 15.9 Å². The number of aryl methyl sites for hydroxylation is 2. The van der Waals surface area contributed by atoms with E-state index in [2.05, 4.69) is 30.6 Å². The molecular weight excluding hydrogens is 356 g/mol. The van der Waals surface area contributed by atoms with Crippen LogP contribution in [0.5, 0.6) is 0 Å².